The fraction of sp³-hybridized carbons (Fsp3) is 0.450. The SMILES string of the molecule is CN(C)C(CNC(=O)c1cccc(S(=O)(=O)N2CCCCC2)c1)c1ccsc1. The molecule has 1 unspecified atom stereocenters. The van der Waals surface area contributed by atoms with Crippen molar-refractivity contribution >= 4 is 27.3 Å². The molecule has 0 bridgehead atoms. The van der Waals surface area contributed by atoms with Crippen LogP contribution in [0.5, 0.6) is 0 Å². The first-order chi connectivity index (χ1) is 13.4. The van der Waals surface area contributed by atoms with E-state index in [9.17, 15) is 13.2 Å². The number of hydrogen-bond donors (Lipinski definition) is 1. The Morgan fingerprint density at radius 2 is 1.96 bits per heavy atom. The molecule has 1 atom stereocenters. The van der Waals surface area contributed by atoms with Gasteiger partial charge in [-0.25, -0.2) is 8.42 Å². The standard InChI is InChI=1S/C20H27N3O3S2/c1-22(2)19(17-9-12-27-15-17)14-21-20(24)16-7-6-8-18(13-16)28(25,26)23-10-4-3-5-11-23/h6-9,12-13,15,19H,3-5,10-11,14H2,1-2H3,(H,21,24). The zero-order valence-electron chi connectivity index (χ0n) is 16.3. The number of likely N-dealkylation sites (N-methyl/N-ethyl adjacent to an activating group) is 1. The van der Waals surface area contributed by atoms with Gasteiger partial charge < -0.3 is 10.2 Å². The van der Waals surface area contributed by atoms with Crippen molar-refractivity contribution in [2.75, 3.05) is 33.7 Å². The monoisotopic (exact) mass is 421 g/mol. The molecule has 1 aliphatic rings. The van der Waals surface area contributed by atoms with E-state index in [0.29, 0.717) is 25.2 Å². The first-order valence-electron chi connectivity index (χ1n) is 9.46. The van der Waals surface area contributed by atoms with Crippen LogP contribution in [-0.2, 0) is 10.0 Å². The molecule has 3 rings (SSSR count). The Kier molecular flexibility index (Phi) is 6.87. The highest BCUT2D eigenvalue weighted by molar-refractivity contribution is 7.89. The third kappa shape index (κ3) is 4.81. The van der Waals surface area contributed by atoms with E-state index >= 15 is 0 Å². The molecule has 6 nitrogen and oxygen atoms in total. The normalized spacial score (nSPS) is 16.8. The van der Waals surface area contributed by atoms with Crippen LogP contribution in [0.15, 0.2) is 46.0 Å². The van der Waals surface area contributed by atoms with Crippen LogP contribution in [0.3, 0.4) is 0 Å². The van der Waals surface area contributed by atoms with Crippen molar-refractivity contribution in [3.8, 4) is 0 Å². The minimum Gasteiger partial charge on any atom is -0.350 e. The summed E-state index contributed by atoms with van der Waals surface area (Å²) in [6, 6.07) is 8.44. The third-order valence-corrected chi connectivity index (χ3v) is 7.65. The van der Waals surface area contributed by atoms with E-state index in [2.05, 4.69) is 15.6 Å². The zero-order valence-corrected chi connectivity index (χ0v) is 17.9. The van der Waals surface area contributed by atoms with Crippen molar-refractivity contribution in [3.63, 3.8) is 0 Å². The quantitative estimate of drug-likeness (QED) is 0.746. The van der Waals surface area contributed by atoms with E-state index in [0.717, 1.165) is 24.8 Å². The van der Waals surface area contributed by atoms with Crippen LogP contribution in [0.2, 0.25) is 0 Å². The molecule has 152 valence electrons. The van der Waals surface area contributed by atoms with E-state index in [4.69, 9.17) is 0 Å². The predicted molar refractivity (Wildman–Crippen MR) is 112 cm³/mol. The second-order valence-electron chi connectivity index (χ2n) is 7.24. The number of thiophene rings is 1. The number of sulfonamides is 1. The van der Waals surface area contributed by atoms with Gasteiger partial charge in [-0.1, -0.05) is 12.5 Å². The highest BCUT2D eigenvalue weighted by atomic mass is 32.2. The van der Waals surface area contributed by atoms with Crippen molar-refractivity contribution in [1.29, 1.82) is 0 Å². The average Bonchev–Trinajstić information content (AvgIpc) is 3.23. The van der Waals surface area contributed by atoms with E-state index in [-0.39, 0.29) is 16.8 Å². The van der Waals surface area contributed by atoms with E-state index in [1.807, 2.05) is 25.5 Å². The highest BCUT2D eigenvalue weighted by Crippen LogP contribution is 2.22. The van der Waals surface area contributed by atoms with Gasteiger partial charge in [0.15, 0.2) is 0 Å². The average molecular weight is 422 g/mol. The molecular weight excluding hydrogens is 394 g/mol. The van der Waals surface area contributed by atoms with Crippen LogP contribution in [-0.4, -0.2) is 57.3 Å². The lowest BCUT2D eigenvalue weighted by Crippen LogP contribution is -2.36. The molecule has 0 aliphatic carbocycles. The number of hydrogen-bond acceptors (Lipinski definition) is 5. The zero-order chi connectivity index (χ0) is 20.1. The molecule has 2 heterocycles. The van der Waals surface area contributed by atoms with Gasteiger partial charge in [-0.05, 0) is 67.5 Å². The Labute approximate surface area is 171 Å². The Hall–Kier alpha value is -1.74. The Bertz CT molecular complexity index is 889. The molecule has 1 aliphatic heterocycles. The number of nitrogens with zero attached hydrogens (tertiary/aromatic N) is 2. The van der Waals surface area contributed by atoms with Crippen molar-refractivity contribution < 1.29 is 13.2 Å². The van der Waals surface area contributed by atoms with Crippen LogP contribution < -0.4 is 5.32 Å². The molecule has 1 N–H and O–H groups in total. The van der Waals surface area contributed by atoms with Crippen LogP contribution in [0.1, 0.15) is 41.2 Å². The van der Waals surface area contributed by atoms with Crippen LogP contribution >= 0.6 is 11.3 Å². The second-order valence-corrected chi connectivity index (χ2v) is 9.96. The third-order valence-electron chi connectivity index (χ3n) is 5.06. The summed E-state index contributed by atoms with van der Waals surface area (Å²) in [7, 11) is 0.393. The first kappa shape index (κ1) is 21.0. The van der Waals surface area contributed by atoms with Gasteiger partial charge in [0.05, 0.1) is 10.9 Å². The fourth-order valence-electron chi connectivity index (χ4n) is 3.41. The summed E-state index contributed by atoms with van der Waals surface area (Å²) >= 11 is 1.62. The topological polar surface area (TPSA) is 69.7 Å². The van der Waals surface area contributed by atoms with Crippen molar-refractivity contribution in [2.45, 2.75) is 30.2 Å². The summed E-state index contributed by atoms with van der Waals surface area (Å²) < 4.78 is 27.2. The van der Waals surface area contributed by atoms with Crippen LogP contribution in [0.4, 0.5) is 0 Å². The number of amides is 1. The number of carbonyl (C=O) groups is 1. The summed E-state index contributed by atoms with van der Waals surface area (Å²) in [5, 5.41) is 7.03. The van der Waals surface area contributed by atoms with E-state index in [1.165, 1.54) is 10.4 Å². The summed E-state index contributed by atoms with van der Waals surface area (Å²) in [6.45, 7) is 1.54. The van der Waals surface area contributed by atoms with Crippen molar-refractivity contribution in [3.05, 3.63) is 52.2 Å². The van der Waals surface area contributed by atoms with Crippen LogP contribution in [0, 0.1) is 0 Å². The summed E-state index contributed by atoms with van der Waals surface area (Å²) in [5.41, 5.74) is 1.51. The van der Waals surface area contributed by atoms with Crippen molar-refractivity contribution in [1.82, 2.24) is 14.5 Å². The van der Waals surface area contributed by atoms with Gasteiger partial charge in [-0.2, -0.15) is 15.6 Å². The summed E-state index contributed by atoms with van der Waals surface area (Å²) in [5.74, 6) is -0.266. The number of benzene rings is 1. The Morgan fingerprint density at radius 3 is 2.61 bits per heavy atom. The smallest absolute Gasteiger partial charge is 0.251 e. The molecule has 0 radical (unpaired) electrons. The number of piperidine rings is 1. The maximum Gasteiger partial charge on any atom is 0.251 e. The fourth-order valence-corrected chi connectivity index (χ4v) is 5.68. The largest absolute Gasteiger partial charge is 0.350 e. The number of carbonyl (C=O) groups excluding carboxylic acids is 1. The molecule has 2 aromatic rings. The molecular formula is C20H27N3O3S2. The second kappa shape index (κ2) is 9.17. The van der Waals surface area contributed by atoms with Gasteiger partial charge >= 0.3 is 0 Å². The molecule has 8 heteroatoms. The Balaban J connectivity index is 1.71. The van der Waals surface area contributed by atoms with Gasteiger partial charge in [-0.3, -0.25) is 4.79 Å². The molecule has 28 heavy (non-hydrogen) atoms. The van der Waals surface area contributed by atoms with Crippen LogP contribution in [0.25, 0.3) is 0 Å². The molecule has 1 amide bonds. The lowest BCUT2D eigenvalue weighted by Gasteiger charge is -2.26. The molecule has 1 saturated heterocycles. The lowest BCUT2D eigenvalue weighted by molar-refractivity contribution is 0.0941. The number of rotatable bonds is 7. The molecule has 1 aromatic carbocycles. The minimum absolute atomic E-state index is 0.0652. The van der Waals surface area contributed by atoms with E-state index in [1.54, 1.807) is 29.5 Å². The van der Waals surface area contributed by atoms with Gasteiger partial charge in [0.2, 0.25) is 10.0 Å². The van der Waals surface area contributed by atoms with Gasteiger partial charge in [0, 0.05) is 25.2 Å². The number of nitrogens with one attached hydrogen (secondary N) is 1. The molecule has 0 saturated carbocycles. The van der Waals surface area contributed by atoms with E-state index < -0.39 is 10.0 Å². The van der Waals surface area contributed by atoms with Crippen molar-refractivity contribution in [2.24, 2.45) is 0 Å². The predicted octanol–water partition coefficient (Wildman–Crippen LogP) is 2.96. The molecule has 1 fully saturated rings. The maximum absolute atomic E-state index is 12.9. The van der Waals surface area contributed by atoms with Gasteiger partial charge in [-0.15, -0.1) is 0 Å². The Morgan fingerprint density at radius 1 is 1.21 bits per heavy atom. The summed E-state index contributed by atoms with van der Waals surface area (Å²) in [6.07, 6.45) is 2.83. The highest BCUT2D eigenvalue weighted by Gasteiger charge is 2.26. The van der Waals surface area contributed by atoms with Gasteiger partial charge in [0.1, 0.15) is 0 Å². The summed E-state index contributed by atoms with van der Waals surface area (Å²) in [4.78, 5) is 14.9. The lowest BCUT2D eigenvalue weighted by atomic mass is 10.1. The first-order valence-corrected chi connectivity index (χ1v) is 11.8. The maximum atomic E-state index is 12.9. The molecule has 1 aromatic heterocycles. The minimum atomic E-state index is -3.55. The van der Waals surface area contributed by atoms with Gasteiger partial charge in [0.25, 0.3) is 5.91 Å². The molecule has 0 spiro atoms.